The van der Waals surface area contributed by atoms with Crippen molar-refractivity contribution in [1.82, 2.24) is 14.5 Å². The number of amides is 1. The molecular weight excluding hydrogens is 418 g/mol. The quantitative estimate of drug-likeness (QED) is 0.429. The van der Waals surface area contributed by atoms with E-state index >= 15 is 0 Å². The van der Waals surface area contributed by atoms with Crippen molar-refractivity contribution in [2.75, 3.05) is 12.8 Å². The van der Waals surface area contributed by atoms with Gasteiger partial charge in [0.15, 0.2) is 0 Å². The summed E-state index contributed by atoms with van der Waals surface area (Å²) >= 11 is 5.26. The van der Waals surface area contributed by atoms with Crippen molar-refractivity contribution < 1.29 is 4.79 Å². The van der Waals surface area contributed by atoms with Gasteiger partial charge in [0, 0.05) is 16.3 Å². The van der Waals surface area contributed by atoms with E-state index in [1.807, 2.05) is 18.2 Å². The van der Waals surface area contributed by atoms with Gasteiger partial charge in [0.25, 0.3) is 0 Å². The van der Waals surface area contributed by atoms with Gasteiger partial charge in [0.2, 0.25) is 5.91 Å². The summed E-state index contributed by atoms with van der Waals surface area (Å²) in [5.41, 5.74) is 3.28. The smallest absolute Gasteiger partial charge is 0.243 e. The highest BCUT2D eigenvalue weighted by molar-refractivity contribution is 7.97. The lowest BCUT2D eigenvalue weighted by atomic mass is 9.98. The van der Waals surface area contributed by atoms with E-state index in [9.17, 15) is 4.79 Å². The number of imidazole rings is 1. The summed E-state index contributed by atoms with van der Waals surface area (Å²) in [6.07, 6.45) is 3.00. The number of hydrogen-bond acceptors (Lipinski definition) is 5. The van der Waals surface area contributed by atoms with E-state index in [1.54, 1.807) is 34.4 Å². The lowest BCUT2D eigenvalue weighted by molar-refractivity contribution is -0.133. The largest absolute Gasteiger partial charge is 0.329 e. The van der Waals surface area contributed by atoms with Crippen LogP contribution in [0.4, 0.5) is 0 Å². The molecular formula is C22H21N3OS3. The molecule has 29 heavy (non-hydrogen) atoms. The standard InChI is InChI=1S/C22H21N3OS3/c1-27-14-20-23-16-5-2-3-6-17(16)25(20)13-21(26)24-10-8-18-15(9-12-29-18)22(24)19-7-4-11-28-19/h2-7,9,11-12,22H,8,10,13-14H2,1H3/t22-/m0/s1. The Hall–Kier alpha value is -2.09. The Morgan fingerprint density at radius 3 is 2.90 bits per heavy atom. The van der Waals surface area contributed by atoms with Crippen LogP contribution in [0.1, 0.15) is 27.2 Å². The Morgan fingerprint density at radius 1 is 1.17 bits per heavy atom. The minimum Gasteiger partial charge on any atom is -0.329 e. The first-order valence-corrected chi connectivity index (χ1v) is 12.7. The van der Waals surface area contributed by atoms with Gasteiger partial charge in [-0.15, -0.1) is 22.7 Å². The average molecular weight is 440 g/mol. The molecule has 0 fully saturated rings. The van der Waals surface area contributed by atoms with Gasteiger partial charge in [-0.3, -0.25) is 4.79 Å². The van der Waals surface area contributed by atoms with E-state index < -0.39 is 0 Å². The Morgan fingerprint density at radius 2 is 2.07 bits per heavy atom. The molecule has 0 saturated heterocycles. The van der Waals surface area contributed by atoms with Crippen molar-refractivity contribution in [3.05, 3.63) is 74.4 Å². The minimum absolute atomic E-state index is 0.0243. The predicted molar refractivity (Wildman–Crippen MR) is 123 cm³/mol. The van der Waals surface area contributed by atoms with Crippen LogP contribution in [0.25, 0.3) is 11.0 Å². The first-order valence-electron chi connectivity index (χ1n) is 9.58. The summed E-state index contributed by atoms with van der Waals surface area (Å²) in [4.78, 5) is 23.1. The van der Waals surface area contributed by atoms with Crippen LogP contribution in [-0.4, -0.2) is 33.2 Å². The molecule has 0 unspecified atom stereocenters. The molecule has 4 nitrogen and oxygen atoms in total. The van der Waals surface area contributed by atoms with E-state index in [4.69, 9.17) is 4.98 Å². The van der Waals surface area contributed by atoms with Crippen molar-refractivity contribution in [2.24, 2.45) is 0 Å². The van der Waals surface area contributed by atoms with Crippen LogP contribution < -0.4 is 0 Å². The first-order chi connectivity index (χ1) is 14.3. The molecule has 4 heterocycles. The number of thiophene rings is 2. The third-order valence-corrected chi connectivity index (χ3v) is 7.87. The lowest BCUT2D eigenvalue weighted by Gasteiger charge is -2.35. The molecule has 0 radical (unpaired) electrons. The molecule has 1 aromatic carbocycles. The third kappa shape index (κ3) is 3.41. The number of fused-ring (bicyclic) bond motifs is 2. The lowest BCUT2D eigenvalue weighted by Crippen LogP contribution is -2.41. The van der Waals surface area contributed by atoms with Gasteiger partial charge in [-0.2, -0.15) is 11.8 Å². The average Bonchev–Trinajstić information content (AvgIpc) is 3.48. The zero-order valence-corrected chi connectivity index (χ0v) is 18.5. The van der Waals surface area contributed by atoms with Crippen LogP contribution in [-0.2, 0) is 23.5 Å². The van der Waals surface area contributed by atoms with Crippen LogP contribution in [0.2, 0.25) is 0 Å². The third-order valence-electron chi connectivity index (χ3n) is 5.40. The van der Waals surface area contributed by atoms with E-state index in [0.717, 1.165) is 35.6 Å². The molecule has 148 valence electrons. The van der Waals surface area contributed by atoms with Gasteiger partial charge < -0.3 is 9.47 Å². The molecule has 0 saturated carbocycles. The number of thioether (sulfide) groups is 1. The summed E-state index contributed by atoms with van der Waals surface area (Å²) in [6, 6.07) is 14.5. The first kappa shape index (κ1) is 18.9. The molecule has 0 N–H and O–H groups in total. The fourth-order valence-electron chi connectivity index (χ4n) is 4.11. The van der Waals surface area contributed by atoms with Crippen LogP contribution in [0, 0.1) is 0 Å². The van der Waals surface area contributed by atoms with Gasteiger partial charge in [0.05, 0.1) is 22.8 Å². The second-order valence-electron chi connectivity index (χ2n) is 7.09. The molecule has 0 bridgehead atoms. The molecule has 0 spiro atoms. The zero-order valence-electron chi connectivity index (χ0n) is 16.1. The van der Waals surface area contributed by atoms with Gasteiger partial charge in [-0.05, 0) is 53.3 Å². The Kier molecular flexibility index (Phi) is 5.20. The van der Waals surface area contributed by atoms with Crippen molar-refractivity contribution >= 4 is 51.4 Å². The SMILES string of the molecule is CSCc1nc2ccccc2n1CC(=O)N1CCc2sccc2[C@H]1c1cccs1. The van der Waals surface area contributed by atoms with Crippen LogP contribution in [0.15, 0.2) is 53.2 Å². The second-order valence-corrected chi connectivity index (χ2v) is 9.94. The summed E-state index contributed by atoms with van der Waals surface area (Å²) in [7, 11) is 0. The highest BCUT2D eigenvalue weighted by atomic mass is 32.2. The molecule has 1 aliphatic rings. The van der Waals surface area contributed by atoms with E-state index in [1.165, 1.54) is 15.3 Å². The summed E-state index contributed by atoms with van der Waals surface area (Å²) in [5.74, 6) is 1.92. The normalized spacial score (nSPS) is 16.3. The van der Waals surface area contributed by atoms with Gasteiger partial charge in [-0.25, -0.2) is 4.98 Å². The van der Waals surface area contributed by atoms with Crippen LogP contribution >= 0.6 is 34.4 Å². The molecule has 1 aliphatic heterocycles. The van der Waals surface area contributed by atoms with Crippen LogP contribution in [0.3, 0.4) is 0 Å². The van der Waals surface area contributed by atoms with E-state index in [2.05, 4.69) is 50.7 Å². The molecule has 4 aromatic rings. The minimum atomic E-state index is 0.0243. The van der Waals surface area contributed by atoms with Crippen molar-refractivity contribution in [2.45, 2.75) is 24.8 Å². The predicted octanol–water partition coefficient (Wildman–Crippen LogP) is 5.20. The monoisotopic (exact) mass is 439 g/mol. The highest BCUT2D eigenvalue weighted by Crippen LogP contribution is 2.39. The number of carbonyl (C=O) groups excluding carboxylic acids is 1. The van der Waals surface area contributed by atoms with Gasteiger partial charge in [-0.1, -0.05) is 18.2 Å². The number of rotatable bonds is 5. The number of hydrogen-bond donors (Lipinski definition) is 0. The maximum absolute atomic E-state index is 13.6. The van der Waals surface area contributed by atoms with E-state index in [0.29, 0.717) is 6.54 Å². The van der Waals surface area contributed by atoms with Crippen LogP contribution in [0.5, 0.6) is 0 Å². The Balaban J connectivity index is 1.51. The fourth-order valence-corrected chi connectivity index (χ4v) is 6.34. The number of aromatic nitrogens is 2. The highest BCUT2D eigenvalue weighted by Gasteiger charge is 2.33. The molecule has 1 atom stereocenters. The molecule has 5 rings (SSSR count). The second kappa shape index (κ2) is 7.97. The Labute approximate surface area is 182 Å². The molecule has 0 aliphatic carbocycles. The summed E-state index contributed by atoms with van der Waals surface area (Å²) in [5, 5.41) is 4.25. The number of carbonyl (C=O) groups is 1. The summed E-state index contributed by atoms with van der Waals surface area (Å²) in [6.45, 7) is 1.09. The number of benzene rings is 1. The van der Waals surface area contributed by atoms with Gasteiger partial charge in [0.1, 0.15) is 12.4 Å². The Bertz CT molecular complexity index is 1150. The molecule has 3 aromatic heterocycles. The number of para-hydroxylation sites is 2. The molecule has 1 amide bonds. The zero-order chi connectivity index (χ0) is 19.8. The topological polar surface area (TPSA) is 38.1 Å². The van der Waals surface area contributed by atoms with Crippen molar-refractivity contribution in [1.29, 1.82) is 0 Å². The molecule has 7 heteroatoms. The number of nitrogens with zero attached hydrogens (tertiary/aromatic N) is 3. The van der Waals surface area contributed by atoms with E-state index in [-0.39, 0.29) is 11.9 Å². The van der Waals surface area contributed by atoms with Crippen molar-refractivity contribution in [3.63, 3.8) is 0 Å². The van der Waals surface area contributed by atoms with Crippen molar-refractivity contribution in [3.8, 4) is 0 Å². The fraction of sp³-hybridized carbons (Fsp3) is 0.273. The van der Waals surface area contributed by atoms with Gasteiger partial charge >= 0.3 is 0 Å². The maximum atomic E-state index is 13.6. The maximum Gasteiger partial charge on any atom is 0.243 e. The summed E-state index contributed by atoms with van der Waals surface area (Å²) < 4.78 is 2.10.